The van der Waals surface area contributed by atoms with Crippen LogP contribution in [0.15, 0.2) is 54.6 Å². The average Bonchev–Trinajstić information content (AvgIpc) is 2.67. The first-order chi connectivity index (χ1) is 13.1. The van der Waals surface area contributed by atoms with Crippen molar-refractivity contribution >= 4 is 11.9 Å². The van der Waals surface area contributed by atoms with E-state index >= 15 is 0 Å². The van der Waals surface area contributed by atoms with Gasteiger partial charge in [0.05, 0.1) is 13.0 Å². The van der Waals surface area contributed by atoms with Gasteiger partial charge in [0.1, 0.15) is 5.75 Å². The lowest BCUT2D eigenvalue weighted by atomic mass is 10.1. The van der Waals surface area contributed by atoms with Gasteiger partial charge in [0, 0.05) is 6.04 Å². The summed E-state index contributed by atoms with van der Waals surface area (Å²) in [5, 5.41) is 2.86. The predicted molar refractivity (Wildman–Crippen MR) is 105 cm³/mol. The van der Waals surface area contributed by atoms with Crippen molar-refractivity contribution in [2.75, 3.05) is 13.2 Å². The van der Waals surface area contributed by atoms with E-state index in [1.165, 1.54) is 5.56 Å². The summed E-state index contributed by atoms with van der Waals surface area (Å²) in [6, 6.07) is 17.4. The van der Waals surface area contributed by atoms with Crippen molar-refractivity contribution < 1.29 is 19.1 Å². The first kappa shape index (κ1) is 20.5. The molecule has 5 heteroatoms. The molecule has 2 aromatic rings. The number of carbonyl (C=O) groups is 2. The Labute approximate surface area is 160 Å². The normalized spacial score (nSPS) is 11.5. The minimum Gasteiger partial charge on any atom is -0.494 e. The third kappa shape index (κ3) is 7.94. The SMILES string of the molecule is CCOc1ccc(CC(=O)OCC(=O)N[C@H](C)CCc2ccccc2)cc1. The molecule has 0 saturated heterocycles. The van der Waals surface area contributed by atoms with E-state index in [9.17, 15) is 9.59 Å². The second-order valence-corrected chi connectivity index (χ2v) is 6.41. The molecule has 0 aliphatic heterocycles. The topological polar surface area (TPSA) is 64.6 Å². The Hall–Kier alpha value is -2.82. The fourth-order valence-corrected chi connectivity index (χ4v) is 2.65. The summed E-state index contributed by atoms with van der Waals surface area (Å²) in [7, 11) is 0. The van der Waals surface area contributed by atoms with E-state index in [1.54, 1.807) is 0 Å². The van der Waals surface area contributed by atoms with Crippen LogP contribution in [0, 0.1) is 0 Å². The molecule has 2 aromatic carbocycles. The van der Waals surface area contributed by atoms with E-state index in [1.807, 2.05) is 56.3 Å². The molecule has 2 rings (SSSR count). The number of esters is 1. The predicted octanol–water partition coefficient (Wildman–Crippen LogP) is 3.31. The van der Waals surface area contributed by atoms with Gasteiger partial charge in [-0.1, -0.05) is 42.5 Å². The molecule has 0 saturated carbocycles. The number of amides is 1. The van der Waals surface area contributed by atoms with Crippen molar-refractivity contribution in [3.63, 3.8) is 0 Å². The van der Waals surface area contributed by atoms with Crippen LogP contribution in [0.4, 0.5) is 0 Å². The molecule has 1 atom stereocenters. The van der Waals surface area contributed by atoms with E-state index in [0.717, 1.165) is 24.2 Å². The van der Waals surface area contributed by atoms with Crippen LogP contribution in [0.25, 0.3) is 0 Å². The second-order valence-electron chi connectivity index (χ2n) is 6.41. The highest BCUT2D eigenvalue weighted by Crippen LogP contribution is 2.12. The zero-order chi connectivity index (χ0) is 19.5. The third-order valence-electron chi connectivity index (χ3n) is 4.06. The monoisotopic (exact) mass is 369 g/mol. The largest absolute Gasteiger partial charge is 0.494 e. The highest BCUT2D eigenvalue weighted by molar-refractivity contribution is 5.81. The van der Waals surface area contributed by atoms with Gasteiger partial charge < -0.3 is 14.8 Å². The Morgan fingerprint density at radius 2 is 1.70 bits per heavy atom. The maximum Gasteiger partial charge on any atom is 0.310 e. The quantitative estimate of drug-likeness (QED) is 0.653. The maximum atomic E-state index is 11.9. The zero-order valence-electron chi connectivity index (χ0n) is 15.9. The fraction of sp³-hybridized carbons (Fsp3) is 0.364. The zero-order valence-corrected chi connectivity index (χ0v) is 15.9. The Morgan fingerprint density at radius 1 is 1.00 bits per heavy atom. The molecule has 0 radical (unpaired) electrons. The number of ether oxygens (including phenoxy) is 2. The van der Waals surface area contributed by atoms with Crippen LogP contribution in [-0.2, 0) is 27.2 Å². The molecule has 27 heavy (non-hydrogen) atoms. The number of hydrogen-bond acceptors (Lipinski definition) is 4. The van der Waals surface area contributed by atoms with Crippen LogP contribution in [-0.4, -0.2) is 31.1 Å². The average molecular weight is 369 g/mol. The molecule has 0 fully saturated rings. The minimum atomic E-state index is -0.425. The van der Waals surface area contributed by atoms with Crippen LogP contribution in [0.1, 0.15) is 31.4 Å². The Balaban J connectivity index is 1.65. The summed E-state index contributed by atoms with van der Waals surface area (Å²) < 4.78 is 10.4. The van der Waals surface area contributed by atoms with Crippen LogP contribution < -0.4 is 10.1 Å². The van der Waals surface area contributed by atoms with E-state index in [0.29, 0.717) is 6.61 Å². The van der Waals surface area contributed by atoms with Crippen LogP contribution >= 0.6 is 0 Å². The molecular weight excluding hydrogens is 342 g/mol. The molecule has 0 aliphatic rings. The first-order valence-corrected chi connectivity index (χ1v) is 9.27. The highest BCUT2D eigenvalue weighted by Gasteiger charge is 2.11. The number of carbonyl (C=O) groups excluding carboxylic acids is 2. The Bertz CT molecular complexity index is 713. The number of nitrogens with one attached hydrogen (secondary N) is 1. The van der Waals surface area contributed by atoms with Crippen molar-refractivity contribution in [3.8, 4) is 5.75 Å². The minimum absolute atomic E-state index is 0.0162. The summed E-state index contributed by atoms with van der Waals surface area (Å²) in [6.45, 7) is 4.20. The third-order valence-corrected chi connectivity index (χ3v) is 4.06. The molecule has 1 amide bonds. The highest BCUT2D eigenvalue weighted by atomic mass is 16.5. The number of benzene rings is 2. The van der Waals surface area contributed by atoms with Gasteiger partial charge in [0.2, 0.25) is 0 Å². The van der Waals surface area contributed by atoms with Crippen LogP contribution in [0.5, 0.6) is 5.75 Å². The number of hydrogen-bond donors (Lipinski definition) is 1. The number of aryl methyl sites for hydroxylation is 1. The molecule has 0 aromatic heterocycles. The van der Waals surface area contributed by atoms with Crippen LogP contribution in [0.3, 0.4) is 0 Å². The van der Waals surface area contributed by atoms with E-state index in [2.05, 4.69) is 17.4 Å². The van der Waals surface area contributed by atoms with Gasteiger partial charge in [0.15, 0.2) is 6.61 Å². The molecule has 0 aliphatic carbocycles. The molecule has 0 spiro atoms. The van der Waals surface area contributed by atoms with Gasteiger partial charge in [-0.05, 0) is 49.9 Å². The summed E-state index contributed by atoms with van der Waals surface area (Å²) in [4.78, 5) is 23.8. The lowest BCUT2D eigenvalue weighted by molar-refractivity contribution is -0.148. The molecule has 5 nitrogen and oxygen atoms in total. The van der Waals surface area contributed by atoms with Crippen LogP contribution in [0.2, 0.25) is 0 Å². The summed E-state index contributed by atoms with van der Waals surface area (Å²) in [6.07, 6.45) is 1.85. The van der Waals surface area contributed by atoms with Gasteiger partial charge in [-0.25, -0.2) is 0 Å². The molecule has 0 unspecified atom stereocenters. The van der Waals surface area contributed by atoms with Crippen molar-refractivity contribution in [2.45, 2.75) is 39.2 Å². The molecule has 144 valence electrons. The van der Waals surface area contributed by atoms with Gasteiger partial charge in [0.25, 0.3) is 5.91 Å². The van der Waals surface area contributed by atoms with E-state index in [4.69, 9.17) is 9.47 Å². The lowest BCUT2D eigenvalue weighted by Gasteiger charge is -2.14. The molecule has 1 N–H and O–H groups in total. The smallest absolute Gasteiger partial charge is 0.310 e. The second kappa shape index (κ2) is 11.0. The molecule has 0 heterocycles. The van der Waals surface area contributed by atoms with Gasteiger partial charge in [-0.3, -0.25) is 9.59 Å². The molecular formula is C22H27NO4. The summed E-state index contributed by atoms with van der Waals surface area (Å²) in [5.41, 5.74) is 2.06. The lowest BCUT2D eigenvalue weighted by Crippen LogP contribution is -2.36. The Morgan fingerprint density at radius 3 is 2.37 bits per heavy atom. The summed E-state index contributed by atoms with van der Waals surface area (Å²) >= 11 is 0. The maximum absolute atomic E-state index is 11.9. The Kier molecular flexibility index (Phi) is 8.36. The summed E-state index contributed by atoms with van der Waals surface area (Å²) in [5.74, 6) is 0.0559. The van der Waals surface area contributed by atoms with Gasteiger partial charge in [-0.2, -0.15) is 0 Å². The van der Waals surface area contributed by atoms with Crippen molar-refractivity contribution in [2.24, 2.45) is 0 Å². The van der Waals surface area contributed by atoms with Crippen molar-refractivity contribution in [1.82, 2.24) is 5.32 Å². The van der Waals surface area contributed by atoms with Gasteiger partial charge in [-0.15, -0.1) is 0 Å². The fourth-order valence-electron chi connectivity index (χ4n) is 2.65. The molecule has 0 bridgehead atoms. The van der Waals surface area contributed by atoms with E-state index in [-0.39, 0.29) is 25.0 Å². The van der Waals surface area contributed by atoms with Crippen molar-refractivity contribution in [3.05, 3.63) is 65.7 Å². The number of rotatable bonds is 10. The van der Waals surface area contributed by atoms with E-state index < -0.39 is 5.97 Å². The first-order valence-electron chi connectivity index (χ1n) is 9.27. The van der Waals surface area contributed by atoms with Gasteiger partial charge >= 0.3 is 5.97 Å². The van der Waals surface area contributed by atoms with Crippen molar-refractivity contribution in [1.29, 1.82) is 0 Å². The standard InChI is InChI=1S/C22H27NO4/c1-3-26-20-13-11-19(12-14-20)15-22(25)27-16-21(24)23-17(2)9-10-18-7-5-4-6-8-18/h4-8,11-14,17H,3,9-10,15-16H2,1-2H3,(H,23,24)/t17-/m1/s1.